The van der Waals surface area contributed by atoms with Gasteiger partial charge < -0.3 is 18.9 Å². The van der Waals surface area contributed by atoms with Gasteiger partial charge in [0.1, 0.15) is 17.2 Å². The fourth-order valence-electron chi connectivity index (χ4n) is 3.91. The number of aromatic nitrogens is 1. The molecule has 0 aliphatic heterocycles. The number of halogens is 1. The lowest BCUT2D eigenvalue weighted by Crippen LogP contribution is -2.19. The molecule has 0 fully saturated rings. The summed E-state index contributed by atoms with van der Waals surface area (Å²) in [7, 11) is 1.58. The van der Waals surface area contributed by atoms with Crippen molar-refractivity contribution >= 4 is 44.9 Å². The summed E-state index contributed by atoms with van der Waals surface area (Å²) in [5, 5.41) is 4.97. The van der Waals surface area contributed by atoms with Gasteiger partial charge in [0.2, 0.25) is 5.76 Å². The number of esters is 1. The lowest BCUT2D eigenvalue weighted by atomic mass is 10.0. The molecular weight excluding hydrogens is 538 g/mol. The summed E-state index contributed by atoms with van der Waals surface area (Å²) >= 11 is 3.40. The van der Waals surface area contributed by atoms with Gasteiger partial charge in [-0.15, -0.1) is 0 Å². The molecule has 0 spiro atoms. The van der Waals surface area contributed by atoms with Crippen LogP contribution in [-0.4, -0.2) is 30.2 Å². The number of furan rings is 1. The summed E-state index contributed by atoms with van der Waals surface area (Å²) in [5.41, 5.74) is 5.68. The van der Waals surface area contributed by atoms with Gasteiger partial charge in [-0.25, -0.2) is 10.2 Å². The van der Waals surface area contributed by atoms with Crippen molar-refractivity contribution < 1.29 is 23.5 Å². The van der Waals surface area contributed by atoms with E-state index < -0.39 is 11.9 Å². The Labute approximate surface area is 220 Å². The van der Waals surface area contributed by atoms with E-state index in [2.05, 4.69) is 31.4 Å². The third kappa shape index (κ3) is 5.03. The number of para-hydroxylation sites is 1. The highest BCUT2D eigenvalue weighted by Crippen LogP contribution is 2.36. The fourth-order valence-corrected chi connectivity index (χ4v) is 4.29. The number of carbonyl (C=O) groups is 2. The number of nitrogens with one attached hydrogen (secondary N) is 2. The molecule has 0 saturated carbocycles. The van der Waals surface area contributed by atoms with E-state index in [1.165, 1.54) is 18.5 Å². The van der Waals surface area contributed by atoms with E-state index in [0.29, 0.717) is 22.5 Å². The van der Waals surface area contributed by atoms with Gasteiger partial charge in [-0.1, -0.05) is 58.4 Å². The molecule has 5 aromatic rings. The predicted molar refractivity (Wildman–Crippen MR) is 143 cm³/mol. The summed E-state index contributed by atoms with van der Waals surface area (Å²) in [6.07, 6.45) is 2.79. The largest absolute Gasteiger partial charge is 0.495 e. The van der Waals surface area contributed by atoms with Gasteiger partial charge in [0.25, 0.3) is 5.91 Å². The number of methoxy groups -OCH3 is 1. The number of benzene rings is 3. The van der Waals surface area contributed by atoms with Crippen LogP contribution in [0.3, 0.4) is 0 Å². The molecule has 3 aromatic carbocycles. The highest BCUT2D eigenvalue weighted by atomic mass is 79.9. The quantitative estimate of drug-likeness (QED) is 0.107. The van der Waals surface area contributed by atoms with Crippen LogP contribution in [0.15, 0.2) is 99.1 Å². The number of fused-ring (bicyclic) bond motifs is 1. The van der Waals surface area contributed by atoms with Crippen LogP contribution in [0.1, 0.15) is 26.6 Å². The molecule has 1 amide bonds. The molecule has 0 aliphatic rings. The Morgan fingerprint density at radius 3 is 2.59 bits per heavy atom. The fraction of sp³-hybridized carbons (Fsp3) is 0.0357. The smallest absolute Gasteiger partial charge is 0.379 e. The Morgan fingerprint density at radius 2 is 1.84 bits per heavy atom. The van der Waals surface area contributed by atoms with Crippen LogP contribution in [0.25, 0.3) is 22.0 Å². The van der Waals surface area contributed by atoms with Crippen molar-refractivity contribution in [2.24, 2.45) is 5.10 Å². The summed E-state index contributed by atoms with van der Waals surface area (Å²) in [6.45, 7) is 0. The first-order valence-electron chi connectivity index (χ1n) is 11.2. The first kappa shape index (κ1) is 24.1. The third-order valence-electron chi connectivity index (χ3n) is 5.57. The standard InChI is InChI=1S/C28H20BrN3O5/c1-35-22-10-5-9-20-24(17-7-3-2-4-8-17)26(31-25(20)22)27(33)32-30-16-18-15-19(29)12-13-21(18)37-28(34)23-11-6-14-36-23/h2-16,31H,1H3,(H,32,33). The number of nitrogens with zero attached hydrogens (tertiary/aromatic N) is 1. The molecule has 184 valence electrons. The van der Waals surface area contributed by atoms with Gasteiger partial charge >= 0.3 is 5.97 Å². The van der Waals surface area contributed by atoms with Gasteiger partial charge in [0.15, 0.2) is 0 Å². The minimum absolute atomic E-state index is 0.0711. The van der Waals surface area contributed by atoms with Crippen LogP contribution < -0.4 is 14.9 Å². The second kappa shape index (κ2) is 10.5. The van der Waals surface area contributed by atoms with Crippen LogP contribution in [0.2, 0.25) is 0 Å². The second-order valence-corrected chi connectivity index (χ2v) is 8.79. The van der Waals surface area contributed by atoms with Gasteiger partial charge in [-0.2, -0.15) is 5.10 Å². The van der Waals surface area contributed by atoms with Crippen molar-refractivity contribution in [1.29, 1.82) is 0 Å². The van der Waals surface area contributed by atoms with E-state index in [0.717, 1.165) is 21.0 Å². The number of hydrogen-bond acceptors (Lipinski definition) is 6. The number of amides is 1. The molecule has 5 rings (SSSR count). The molecule has 9 heteroatoms. The second-order valence-electron chi connectivity index (χ2n) is 7.87. The molecule has 0 atom stereocenters. The maximum absolute atomic E-state index is 13.3. The molecule has 2 N–H and O–H groups in total. The maximum Gasteiger partial charge on any atom is 0.379 e. The van der Waals surface area contributed by atoms with Gasteiger partial charge in [-0.3, -0.25) is 4.79 Å². The zero-order valence-corrected chi connectivity index (χ0v) is 21.1. The van der Waals surface area contributed by atoms with E-state index in [1.807, 2.05) is 48.5 Å². The third-order valence-corrected chi connectivity index (χ3v) is 6.06. The Kier molecular flexibility index (Phi) is 6.87. The minimum Gasteiger partial charge on any atom is -0.495 e. The number of hydrazone groups is 1. The van der Waals surface area contributed by atoms with Crippen LogP contribution in [0.5, 0.6) is 11.5 Å². The Morgan fingerprint density at radius 1 is 1.00 bits per heavy atom. The topological polar surface area (TPSA) is 106 Å². The SMILES string of the molecule is COc1cccc2c(-c3ccccc3)c(C(=O)NN=Cc3cc(Br)ccc3OC(=O)c3ccco3)[nH]c12. The van der Waals surface area contributed by atoms with E-state index in [4.69, 9.17) is 13.9 Å². The number of H-pyrrole nitrogens is 1. The number of ether oxygens (including phenoxy) is 2. The summed E-state index contributed by atoms with van der Waals surface area (Å²) in [6, 6.07) is 23.4. The number of aromatic amines is 1. The lowest BCUT2D eigenvalue weighted by molar-refractivity contribution is 0.0700. The number of carbonyl (C=O) groups excluding carboxylic acids is 2. The lowest BCUT2D eigenvalue weighted by Gasteiger charge is -2.07. The number of rotatable bonds is 7. The average molecular weight is 558 g/mol. The van der Waals surface area contributed by atoms with Crippen molar-refractivity contribution in [1.82, 2.24) is 10.4 Å². The Bertz CT molecular complexity index is 1610. The van der Waals surface area contributed by atoms with Crippen LogP contribution in [-0.2, 0) is 0 Å². The van der Waals surface area contributed by atoms with E-state index in [-0.39, 0.29) is 11.5 Å². The van der Waals surface area contributed by atoms with Gasteiger partial charge in [0.05, 0.1) is 25.1 Å². The first-order chi connectivity index (χ1) is 18.0. The molecular formula is C28H20BrN3O5. The Balaban J connectivity index is 1.44. The molecule has 0 aliphatic carbocycles. The molecule has 8 nitrogen and oxygen atoms in total. The van der Waals surface area contributed by atoms with Crippen molar-refractivity contribution in [2.75, 3.05) is 7.11 Å². The maximum atomic E-state index is 13.3. The molecule has 2 heterocycles. The molecule has 0 unspecified atom stereocenters. The monoisotopic (exact) mass is 557 g/mol. The van der Waals surface area contributed by atoms with Crippen molar-refractivity contribution in [3.8, 4) is 22.6 Å². The summed E-state index contributed by atoms with van der Waals surface area (Å²) in [4.78, 5) is 28.8. The first-order valence-corrected chi connectivity index (χ1v) is 12.0. The van der Waals surface area contributed by atoms with Crippen molar-refractivity contribution in [3.05, 3.63) is 107 Å². The van der Waals surface area contributed by atoms with Crippen molar-refractivity contribution in [2.45, 2.75) is 0 Å². The zero-order valence-electron chi connectivity index (χ0n) is 19.5. The highest BCUT2D eigenvalue weighted by Gasteiger charge is 2.21. The van der Waals surface area contributed by atoms with E-state index in [1.54, 1.807) is 31.4 Å². The highest BCUT2D eigenvalue weighted by molar-refractivity contribution is 9.10. The van der Waals surface area contributed by atoms with Crippen LogP contribution in [0, 0.1) is 0 Å². The van der Waals surface area contributed by atoms with Crippen molar-refractivity contribution in [3.63, 3.8) is 0 Å². The van der Waals surface area contributed by atoms with E-state index >= 15 is 0 Å². The van der Waals surface area contributed by atoms with Crippen LogP contribution in [0.4, 0.5) is 0 Å². The summed E-state index contributed by atoms with van der Waals surface area (Å²) < 4.78 is 16.8. The van der Waals surface area contributed by atoms with Crippen LogP contribution >= 0.6 is 15.9 Å². The molecule has 0 radical (unpaired) electrons. The summed E-state index contributed by atoms with van der Waals surface area (Å²) in [5.74, 6) is -0.151. The Hall–Kier alpha value is -4.63. The average Bonchev–Trinajstić information content (AvgIpc) is 3.59. The predicted octanol–water partition coefficient (Wildman–Crippen LogP) is 6.18. The number of hydrogen-bond donors (Lipinski definition) is 2. The molecule has 0 saturated heterocycles. The molecule has 37 heavy (non-hydrogen) atoms. The van der Waals surface area contributed by atoms with E-state index in [9.17, 15) is 9.59 Å². The van der Waals surface area contributed by atoms with Gasteiger partial charge in [0, 0.05) is 21.0 Å². The minimum atomic E-state index is -0.648. The van der Waals surface area contributed by atoms with Gasteiger partial charge in [-0.05, 0) is 42.0 Å². The zero-order chi connectivity index (χ0) is 25.8. The molecule has 2 aromatic heterocycles. The molecule has 0 bridgehead atoms. The normalized spacial score (nSPS) is 11.1.